The molecule has 0 fully saturated rings. The van der Waals surface area contributed by atoms with E-state index in [4.69, 9.17) is 0 Å². The van der Waals surface area contributed by atoms with Crippen LogP contribution in [0.25, 0.3) is 0 Å². The Morgan fingerprint density at radius 2 is 1.00 bits per heavy atom. The minimum absolute atomic E-state index is 0. The summed E-state index contributed by atoms with van der Waals surface area (Å²) in [7, 11) is 0. The molecule has 0 aliphatic heterocycles. The SMILES string of the molecule is [Co+2].[Li+].[O-2].[Ti+4].[Zn+2]. The predicted molar refractivity (Wildman–Crippen MR) is 0.686 cm³/mol. The molecule has 5 heteroatoms. The van der Waals surface area contributed by atoms with Crippen molar-refractivity contribution >= 4 is 0 Å². The summed E-state index contributed by atoms with van der Waals surface area (Å²) >= 11 is 0. The Hall–Kier alpha value is 2.40. The Balaban J connectivity index is 0. The molecule has 0 heterocycles. The molecule has 0 spiro atoms. The van der Waals surface area contributed by atoms with Crippen LogP contribution in [0.2, 0.25) is 0 Å². The molecule has 0 atom stereocenters. The van der Waals surface area contributed by atoms with Gasteiger partial charge in [-0.3, -0.25) is 0 Å². The molecule has 0 saturated carbocycles. The van der Waals surface area contributed by atoms with Gasteiger partial charge in [0.05, 0.1) is 0 Å². The molecule has 0 aliphatic rings. The van der Waals surface area contributed by atoms with Crippen LogP contribution < -0.4 is 18.9 Å². The molecule has 0 bridgehead atoms. The smallest absolute Gasteiger partial charge is 2.00 e. The topological polar surface area (TPSA) is 28.5 Å². The zero-order chi connectivity index (χ0) is 0. The first-order valence-electron chi connectivity index (χ1n) is 0. The van der Waals surface area contributed by atoms with Gasteiger partial charge in [0.2, 0.25) is 0 Å². The molecule has 0 aromatic carbocycles. The minimum Gasteiger partial charge on any atom is -2.00 e. The predicted octanol–water partition coefficient (Wildman–Crippen LogP) is -3.12. The normalized spacial score (nSPS) is 0. The summed E-state index contributed by atoms with van der Waals surface area (Å²) in [4.78, 5) is 0. The molecule has 5 heavy (non-hydrogen) atoms. The van der Waals surface area contributed by atoms with Crippen molar-refractivity contribution in [3.05, 3.63) is 0 Å². The zero-order valence-electron chi connectivity index (χ0n) is 2.95. The van der Waals surface area contributed by atoms with E-state index in [1.165, 1.54) is 0 Å². The van der Waals surface area contributed by atoms with Gasteiger partial charge in [-0.05, 0) is 0 Å². The van der Waals surface area contributed by atoms with Crippen LogP contribution in [0.1, 0.15) is 0 Å². The Morgan fingerprint density at radius 1 is 1.00 bits per heavy atom. The molecule has 0 N–H and O–H groups in total. The van der Waals surface area contributed by atoms with Crippen molar-refractivity contribution in [2.45, 2.75) is 0 Å². The van der Waals surface area contributed by atoms with Gasteiger partial charge in [-0.2, -0.15) is 0 Å². The Bertz CT molecular complexity index is 11.6. The third kappa shape index (κ3) is 21.5. The van der Waals surface area contributed by atoms with Gasteiger partial charge in [-0.15, -0.1) is 0 Å². The molecule has 0 amide bonds. The second kappa shape index (κ2) is 32.4. The van der Waals surface area contributed by atoms with Crippen LogP contribution in [0.4, 0.5) is 0 Å². The first-order chi connectivity index (χ1) is 0. The van der Waals surface area contributed by atoms with Crippen molar-refractivity contribution in [2.24, 2.45) is 0 Å². The molecular weight excluding hydrogens is 195 g/mol. The Kier molecular flexibility index (Phi) is 341. The summed E-state index contributed by atoms with van der Waals surface area (Å²) in [6, 6.07) is 0. The van der Waals surface area contributed by atoms with Gasteiger partial charge in [0, 0.05) is 0 Å². The third-order valence-electron chi connectivity index (χ3n) is 0. The van der Waals surface area contributed by atoms with Gasteiger partial charge in [-0.25, -0.2) is 0 Å². The molecule has 0 aliphatic carbocycles. The van der Waals surface area contributed by atoms with E-state index < -0.39 is 0 Å². The van der Waals surface area contributed by atoms with E-state index in [2.05, 4.69) is 0 Å². The fourth-order valence-electron chi connectivity index (χ4n) is 0. The quantitative estimate of drug-likeness (QED) is 0.366. The molecule has 15 valence electrons. The van der Waals surface area contributed by atoms with Gasteiger partial charge >= 0.3 is 76.8 Å². The monoisotopic (exact) mass is 194 g/mol. The van der Waals surface area contributed by atoms with Gasteiger partial charge < -0.3 is 5.48 Å². The van der Waals surface area contributed by atoms with Crippen molar-refractivity contribution in [3.63, 3.8) is 0 Å². The molecule has 0 aromatic rings. The fourth-order valence-corrected chi connectivity index (χ4v) is 0. The largest absolute Gasteiger partial charge is 4.00 e. The van der Waals surface area contributed by atoms with Crippen LogP contribution in [0.15, 0.2) is 0 Å². The van der Waals surface area contributed by atoms with E-state index in [1.54, 1.807) is 0 Å². The molecular formula is CoLiOTiZn+7. The number of rotatable bonds is 0. The summed E-state index contributed by atoms with van der Waals surface area (Å²) in [5, 5.41) is 0. The fraction of sp³-hybridized carbons (Fsp3) is 0. The van der Waals surface area contributed by atoms with E-state index in [0.717, 1.165) is 0 Å². The van der Waals surface area contributed by atoms with Crippen molar-refractivity contribution in [2.75, 3.05) is 0 Å². The summed E-state index contributed by atoms with van der Waals surface area (Å²) in [6.07, 6.45) is 0. The second-order valence-electron chi connectivity index (χ2n) is 0. The summed E-state index contributed by atoms with van der Waals surface area (Å²) < 4.78 is 0. The van der Waals surface area contributed by atoms with E-state index in [9.17, 15) is 0 Å². The molecule has 0 saturated heterocycles. The maximum absolute atomic E-state index is 0. The molecule has 0 unspecified atom stereocenters. The van der Waals surface area contributed by atoms with Gasteiger partial charge in [0.15, 0.2) is 0 Å². The van der Waals surface area contributed by atoms with Crippen LogP contribution in [0.5, 0.6) is 0 Å². The Morgan fingerprint density at radius 3 is 1.00 bits per heavy atom. The summed E-state index contributed by atoms with van der Waals surface area (Å²) in [5.41, 5.74) is 0. The van der Waals surface area contributed by atoms with Gasteiger partial charge in [-0.1, -0.05) is 0 Å². The van der Waals surface area contributed by atoms with Crippen LogP contribution >= 0.6 is 0 Å². The molecule has 0 rings (SSSR count). The maximum Gasteiger partial charge on any atom is 4.00 e. The molecule has 0 aromatic heterocycles. The van der Waals surface area contributed by atoms with Crippen LogP contribution in [0, 0.1) is 0 Å². The zero-order valence-corrected chi connectivity index (χ0v) is 8.52. The number of hydrogen-bond donors (Lipinski definition) is 0. The Labute approximate surface area is 81.4 Å². The van der Waals surface area contributed by atoms with E-state index in [-0.39, 0.29) is 82.3 Å². The standard InChI is InChI=1S/Co.Li.O.Ti.Zn/q+2;+1;-2;+4;+2. The van der Waals surface area contributed by atoms with E-state index in [0.29, 0.717) is 0 Å². The first-order valence-corrected chi connectivity index (χ1v) is 0. The maximum atomic E-state index is 0. The second-order valence-corrected chi connectivity index (χ2v) is 0. The van der Waals surface area contributed by atoms with Gasteiger partial charge in [0.25, 0.3) is 0 Å². The molecule has 1 radical (unpaired) electrons. The van der Waals surface area contributed by atoms with Crippen LogP contribution in [-0.2, 0) is 63.5 Å². The molecule has 1 nitrogen and oxygen atoms in total. The average molecular weight is 195 g/mol. The third-order valence-corrected chi connectivity index (χ3v) is 0. The summed E-state index contributed by atoms with van der Waals surface area (Å²) in [5.74, 6) is 0. The van der Waals surface area contributed by atoms with Gasteiger partial charge in [0.1, 0.15) is 0 Å². The van der Waals surface area contributed by atoms with Crippen LogP contribution in [-0.4, -0.2) is 0 Å². The first kappa shape index (κ1) is 52.6. The number of hydrogen-bond acceptors (Lipinski definition) is 0. The van der Waals surface area contributed by atoms with E-state index >= 15 is 0 Å². The summed E-state index contributed by atoms with van der Waals surface area (Å²) in [6.45, 7) is 0. The van der Waals surface area contributed by atoms with Crippen molar-refractivity contribution in [1.82, 2.24) is 0 Å². The van der Waals surface area contributed by atoms with Crippen molar-refractivity contribution < 1.29 is 82.3 Å². The van der Waals surface area contributed by atoms with Crippen molar-refractivity contribution in [1.29, 1.82) is 0 Å². The van der Waals surface area contributed by atoms with E-state index in [1.807, 2.05) is 0 Å². The van der Waals surface area contributed by atoms with Crippen LogP contribution in [0.3, 0.4) is 0 Å². The minimum atomic E-state index is 0. The van der Waals surface area contributed by atoms with Crippen molar-refractivity contribution in [3.8, 4) is 0 Å². The average Bonchev–Trinajstić information content (AvgIpc) is 0.